The second-order valence-corrected chi connectivity index (χ2v) is 7.44. The van der Waals surface area contributed by atoms with Gasteiger partial charge in [-0.25, -0.2) is 4.39 Å². The molecular weight excluding hydrogens is 363 g/mol. The van der Waals surface area contributed by atoms with Crippen LogP contribution in [-0.4, -0.2) is 22.9 Å². The highest BCUT2D eigenvalue weighted by atomic mass is 19.1. The highest BCUT2D eigenvalue weighted by Gasteiger charge is 2.38. The lowest BCUT2D eigenvalue weighted by Crippen LogP contribution is -2.27. The molecule has 1 aliphatic rings. The normalized spacial score (nSPS) is 15.5. The lowest BCUT2D eigenvalue weighted by Gasteiger charge is -2.17. The Morgan fingerprint density at radius 2 is 1.82 bits per heavy atom. The van der Waals surface area contributed by atoms with Crippen LogP contribution in [0.15, 0.2) is 42.5 Å². The van der Waals surface area contributed by atoms with Crippen molar-refractivity contribution in [1.29, 1.82) is 0 Å². The first-order valence-corrected chi connectivity index (χ1v) is 8.90. The molecular formula is C21H21FN2O4. The zero-order valence-corrected chi connectivity index (χ0v) is 15.6. The van der Waals surface area contributed by atoms with Gasteiger partial charge in [-0.05, 0) is 55.3 Å². The number of carbonyl (C=O) groups excluding carboxylic acids is 2. The third-order valence-electron chi connectivity index (χ3n) is 4.99. The molecule has 0 saturated heterocycles. The molecule has 3 N–H and O–H groups in total. The Morgan fingerprint density at radius 3 is 2.46 bits per heavy atom. The molecule has 2 aromatic rings. The largest absolute Gasteiger partial charge is 0.481 e. The van der Waals surface area contributed by atoms with E-state index in [2.05, 4.69) is 10.6 Å². The topological polar surface area (TPSA) is 95.5 Å². The minimum Gasteiger partial charge on any atom is -0.481 e. The Hall–Kier alpha value is -3.22. The van der Waals surface area contributed by atoms with Crippen LogP contribution in [0.25, 0.3) is 0 Å². The van der Waals surface area contributed by atoms with Gasteiger partial charge >= 0.3 is 5.97 Å². The Kier molecular flexibility index (Phi) is 5.18. The number of aliphatic carboxylic acids is 1. The molecule has 3 rings (SSSR count). The van der Waals surface area contributed by atoms with Crippen LogP contribution in [0, 0.1) is 5.82 Å². The van der Waals surface area contributed by atoms with E-state index in [0.717, 1.165) is 5.56 Å². The van der Waals surface area contributed by atoms with Crippen molar-refractivity contribution in [1.82, 2.24) is 0 Å². The van der Waals surface area contributed by atoms with E-state index < -0.39 is 23.1 Å². The van der Waals surface area contributed by atoms with Gasteiger partial charge in [0.1, 0.15) is 5.82 Å². The number of carboxylic acids is 1. The first kappa shape index (κ1) is 19.5. The molecule has 0 bridgehead atoms. The molecule has 1 unspecified atom stereocenters. The van der Waals surface area contributed by atoms with Crippen molar-refractivity contribution in [3.05, 3.63) is 59.4 Å². The second-order valence-electron chi connectivity index (χ2n) is 7.44. The number of benzene rings is 2. The smallest absolute Gasteiger partial charge is 0.303 e. The summed E-state index contributed by atoms with van der Waals surface area (Å²) >= 11 is 0. The van der Waals surface area contributed by atoms with Crippen LogP contribution in [-0.2, 0) is 19.8 Å². The summed E-state index contributed by atoms with van der Waals surface area (Å²) in [5, 5.41) is 14.7. The van der Waals surface area contributed by atoms with Crippen LogP contribution >= 0.6 is 0 Å². The van der Waals surface area contributed by atoms with E-state index in [0.29, 0.717) is 16.9 Å². The maximum absolute atomic E-state index is 13.1. The summed E-state index contributed by atoms with van der Waals surface area (Å²) in [5.41, 5.74) is 1.92. The summed E-state index contributed by atoms with van der Waals surface area (Å²) in [5.74, 6) is -2.50. The molecule has 0 spiro atoms. The van der Waals surface area contributed by atoms with Crippen molar-refractivity contribution in [2.24, 2.45) is 0 Å². The molecule has 0 aromatic heterocycles. The van der Waals surface area contributed by atoms with Gasteiger partial charge in [0.15, 0.2) is 0 Å². The van der Waals surface area contributed by atoms with Gasteiger partial charge in [0.25, 0.3) is 0 Å². The van der Waals surface area contributed by atoms with Crippen molar-refractivity contribution >= 4 is 29.2 Å². The van der Waals surface area contributed by atoms with Crippen molar-refractivity contribution < 1.29 is 23.9 Å². The number of fused-ring (bicyclic) bond motifs is 1. The number of anilines is 2. The number of carbonyl (C=O) groups is 3. The van der Waals surface area contributed by atoms with E-state index in [-0.39, 0.29) is 24.7 Å². The average molecular weight is 384 g/mol. The van der Waals surface area contributed by atoms with Gasteiger partial charge in [-0.1, -0.05) is 12.1 Å². The number of amides is 2. The minimum absolute atomic E-state index is 0.0599. The minimum atomic E-state index is -1.04. The molecule has 1 atom stereocenters. The molecule has 2 amide bonds. The standard InChI is InChI=1S/C21H21FN2O4/c1-21(2)16-11-15(7-8-17(16)24-20(21)28)23-18(25)9-13(10-19(26)27)12-3-5-14(22)6-4-12/h3-8,11,13H,9-10H2,1-2H3,(H,23,25)(H,24,28)(H,26,27). The fourth-order valence-corrected chi connectivity index (χ4v) is 3.34. The van der Waals surface area contributed by atoms with Gasteiger partial charge in [0.2, 0.25) is 11.8 Å². The van der Waals surface area contributed by atoms with Gasteiger partial charge < -0.3 is 15.7 Å². The quantitative estimate of drug-likeness (QED) is 0.708. The van der Waals surface area contributed by atoms with Gasteiger partial charge in [-0.15, -0.1) is 0 Å². The van der Waals surface area contributed by atoms with E-state index in [1.54, 1.807) is 32.0 Å². The number of nitrogens with one attached hydrogen (secondary N) is 2. The molecule has 1 heterocycles. The number of halogens is 1. The van der Waals surface area contributed by atoms with E-state index in [9.17, 15) is 18.8 Å². The predicted molar refractivity (Wildman–Crippen MR) is 103 cm³/mol. The Balaban J connectivity index is 1.75. The molecule has 0 fully saturated rings. The van der Waals surface area contributed by atoms with Crippen molar-refractivity contribution in [3.63, 3.8) is 0 Å². The Morgan fingerprint density at radius 1 is 1.14 bits per heavy atom. The van der Waals surface area contributed by atoms with Crippen LogP contribution in [0.2, 0.25) is 0 Å². The number of rotatable bonds is 6. The average Bonchev–Trinajstić information content (AvgIpc) is 2.84. The highest BCUT2D eigenvalue weighted by molar-refractivity contribution is 6.06. The third-order valence-corrected chi connectivity index (χ3v) is 4.99. The molecule has 0 aliphatic carbocycles. The Bertz CT molecular complexity index is 938. The molecule has 0 saturated carbocycles. The summed E-state index contributed by atoms with van der Waals surface area (Å²) in [7, 11) is 0. The monoisotopic (exact) mass is 384 g/mol. The van der Waals surface area contributed by atoms with Crippen LogP contribution < -0.4 is 10.6 Å². The zero-order valence-electron chi connectivity index (χ0n) is 15.6. The molecule has 28 heavy (non-hydrogen) atoms. The molecule has 6 nitrogen and oxygen atoms in total. The van der Waals surface area contributed by atoms with Crippen molar-refractivity contribution in [2.45, 2.75) is 38.0 Å². The van der Waals surface area contributed by atoms with Gasteiger partial charge in [0.05, 0.1) is 11.8 Å². The van der Waals surface area contributed by atoms with Crippen molar-refractivity contribution in [2.75, 3.05) is 10.6 Å². The fourth-order valence-electron chi connectivity index (χ4n) is 3.34. The molecule has 2 aromatic carbocycles. The highest BCUT2D eigenvalue weighted by Crippen LogP contribution is 2.38. The zero-order chi connectivity index (χ0) is 20.5. The van der Waals surface area contributed by atoms with Crippen LogP contribution in [0.5, 0.6) is 0 Å². The lowest BCUT2D eigenvalue weighted by molar-refractivity contribution is -0.137. The lowest BCUT2D eigenvalue weighted by atomic mass is 9.86. The van der Waals surface area contributed by atoms with Crippen LogP contribution in [0.3, 0.4) is 0 Å². The summed E-state index contributed by atoms with van der Waals surface area (Å²) in [6.45, 7) is 3.61. The van der Waals surface area contributed by atoms with Gasteiger partial charge in [-0.2, -0.15) is 0 Å². The van der Waals surface area contributed by atoms with Crippen LogP contribution in [0.4, 0.5) is 15.8 Å². The predicted octanol–water partition coefficient (Wildman–Crippen LogP) is 3.64. The summed E-state index contributed by atoms with van der Waals surface area (Å²) < 4.78 is 13.1. The summed E-state index contributed by atoms with van der Waals surface area (Å²) in [6.07, 6.45) is -0.301. The summed E-state index contributed by atoms with van der Waals surface area (Å²) in [4.78, 5) is 35.7. The Labute approximate surface area is 161 Å². The van der Waals surface area contributed by atoms with Gasteiger partial charge in [-0.3, -0.25) is 14.4 Å². The van der Waals surface area contributed by atoms with E-state index in [4.69, 9.17) is 5.11 Å². The number of hydrogen-bond donors (Lipinski definition) is 3. The van der Waals surface area contributed by atoms with Crippen LogP contribution in [0.1, 0.15) is 43.7 Å². The second kappa shape index (κ2) is 7.42. The molecule has 0 radical (unpaired) electrons. The maximum atomic E-state index is 13.1. The first-order chi connectivity index (χ1) is 13.2. The third kappa shape index (κ3) is 4.03. The van der Waals surface area contributed by atoms with E-state index in [1.807, 2.05) is 0 Å². The number of hydrogen-bond acceptors (Lipinski definition) is 3. The SMILES string of the molecule is CC1(C)C(=O)Nc2ccc(NC(=O)CC(CC(=O)O)c3ccc(F)cc3)cc21. The maximum Gasteiger partial charge on any atom is 0.303 e. The molecule has 1 aliphatic heterocycles. The fraction of sp³-hybridized carbons (Fsp3) is 0.286. The molecule has 7 heteroatoms. The van der Waals surface area contributed by atoms with Crippen molar-refractivity contribution in [3.8, 4) is 0 Å². The van der Waals surface area contributed by atoms with Gasteiger partial charge in [0, 0.05) is 23.7 Å². The molecule has 146 valence electrons. The summed E-state index contributed by atoms with van der Waals surface area (Å²) in [6, 6.07) is 10.6. The first-order valence-electron chi connectivity index (χ1n) is 8.90. The van der Waals surface area contributed by atoms with E-state index >= 15 is 0 Å². The number of carboxylic acid groups (broad SMARTS) is 1. The van der Waals surface area contributed by atoms with E-state index in [1.165, 1.54) is 24.3 Å².